The van der Waals surface area contributed by atoms with Crippen LogP contribution in [0.2, 0.25) is 0 Å². The summed E-state index contributed by atoms with van der Waals surface area (Å²) in [5, 5.41) is 4.51. The van der Waals surface area contributed by atoms with E-state index in [1.165, 1.54) is 0 Å². The predicted molar refractivity (Wildman–Crippen MR) is 96.5 cm³/mol. The predicted octanol–water partition coefficient (Wildman–Crippen LogP) is 1.94. The Morgan fingerprint density at radius 3 is 2.54 bits per heavy atom. The van der Waals surface area contributed by atoms with Crippen molar-refractivity contribution in [2.24, 2.45) is 5.73 Å². The second-order valence-corrected chi connectivity index (χ2v) is 8.38. The number of sulfonamides is 1. The fourth-order valence-corrected chi connectivity index (χ4v) is 4.05. The molecule has 2 aromatic rings. The minimum Gasteiger partial charge on any atom is -0.356 e. The van der Waals surface area contributed by atoms with Gasteiger partial charge in [-0.2, -0.15) is 0 Å². The van der Waals surface area contributed by atoms with E-state index >= 15 is 0 Å². The van der Waals surface area contributed by atoms with Crippen molar-refractivity contribution in [3.05, 3.63) is 47.3 Å². The molecule has 0 bridgehead atoms. The summed E-state index contributed by atoms with van der Waals surface area (Å²) in [6.45, 7) is 2.44. The maximum atomic E-state index is 12.1. The van der Waals surface area contributed by atoms with Gasteiger partial charge in [-0.15, -0.1) is 11.3 Å². The van der Waals surface area contributed by atoms with Gasteiger partial charge in [0.25, 0.3) is 10.0 Å². The molecule has 130 valence electrons. The van der Waals surface area contributed by atoms with Crippen LogP contribution in [0.15, 0.2) is 46.0 Å². The molecule has 1 unspecified atom stereocenters. The smallest absolute Gasteiger partial charge is 0.271 e. The summed E-state index contributed by atoms with van der Waals surface area (Å²) in [6.07, 6.45) is 0.978. The molecule has 0 saturated heterocycles. The van der Waals surface area contributed by atoms with Crippen LogP contribution in [0.3, 0.4) is 0 Å². The third kappa shape index (κ3) is 5.63. The summed E-state index contributed by atoms with van der Waals surface area (Å²) in [7, 11) is -3.55. The van der Waals surface area contributed by atoms with E-state index in [1.54, 1.807) is 41.8 Å². The normalized spacial score (nSPS) is 12.6. The van der Waals surface area contributed by atoms with Crippen LogP contribution in [0.25, 0.3) is 0 Å². The van der Waals surface area contributed by atoms with Crippen molar-refractivity contribution in [3.8, 4) is 0 Å². The van der Waals surface area contributed by atoms with Gasteiger partial charge >= 0.3 is 0 Å². The Kier molecular flexibility index (Phi) is 6.36. The maximum Gasteiger partial charge on any atom is 0.271 e. The van der Waals surface area contributed by atoms with Gasteiger partial charge in [0.05, 0.1) is 6.42 Å². The molecule has 24 heavy (non-hydrogen) atoms. The molecule has 6 nitrogen and oxygen atoms in total. The van der Waals surface area contributed by atoms with Gasteiger partial charge in [0.1, 0.15) is 4.21 Å². The van der Waals surface area contributed by atoms with Crippen LogP contribution in [0, 0.1) is 0 Å². The van der Waals surface area contributed by atoms with Gasteiger partial charge in [0, 0.05) is 18.3 Å². The van der Waals surface area contributed by atoms with Gasteiger partial charge in [0.15, 0.2) is 0 Å². The molecule has 0 saturated carbocycles. The van der Waals surface area contributed by atoms with Crippen LogP contribution in [-0.2, 0) is 21.2 Å². The highest BCUT2D eigenvalue weighted by Gasteiger charge is 2.15. The first-order valence-electron chi connectivity index (χ1n) is 7.54. The Morgan fingerprint density at radius 1 is 1.25 bits per heavy atom. The molecule has 1 aromatic carbocycles. The number of nitrogens with one attached hydrogen (secondary N) is 2. The molecule has 1 aromatic heterocycles. The van der Waals surface area contributed by atoms with Crippen molar-refractivity contribution < 1.29 is 13.2 Å². The fourth-order valence-electron chi connectivity index (χ4n) is 2.00. The Balaban J connectivity index is 1.90. The molecular formula is C16H21N3O3S2. The summed E-state index contributed by atoms with van der Waals surface area (Å²) in [5.41, 5.74) is 6.90. The van der Waals surface area contributed by atoms with Crippen molar-refractivity contribution in [3.63, 3.8) is 0 Å². The molecular weight excluding hydrogens is 346 g/mol. The van der Waals surface area contributed by atoms with Crippen molar-refractivity contribution in [1.29, 1.82) is 0 Å². The summed E-state index contributed by atoms with van der Waals surface area (Å²) in [4.78, 5) is 11.8. The van der Waals surface area contributed by atoms with E-state index in [0.29, 0.717) is 12.2 Å². The van der Waals surface area contributed by atoms with Crippen LogP contribution in [0.1, 0.15) is 18.9 Å². The van der Waals surface area contributed by atoms with Gasteiger partial charge in [0.2, 0.25) is 5.91 Å². The molecule has 0 aliphatic carbocycles. The topological polar surface area (TPSA) is 101 Å². The molecule has 8 heteroatoms. The standard InChI is InChI=1S/C16H21N3O3S2/c1-12(17)8-9-18-15(20)11-13-4-6-14(7-5-13)19-24(21,22)16-3-2-10-23-16/h2-7,10,12,19H,8-9,11,17H2,1H3,(H,18,20). The van der Waals surface area contributed by atoms with E-state index in [-0.39, 0.29) is 22.6 Å². The van der Waals surface area contributed by atoms with Gasteiger partial charge in [-0.05, 0) is 42.5 Å². The van der Waals surface area contributed by atoms with E-state index in [0.717, 1.165) is 23.3 Å². The molecule has 0 fully saturated rings. The molecule has 0 aliphatic heterocycles. The van der Waals surface area contributed by atoms with Crippen LogP contribution < -0.4 is 15.8 Å². The number of hydrogen-bond donors (Lipinski definition) is 3. The van der Waals surface area contributed by atoms with Crippen LogP contribution >= 0.6 is 11.3 Å². The third-order valence-electron chi connectivity index (χ3n) is 3.25. The number of nitrogens with two attached hydrogens (primary N) is 1. The SMILES string of the molecule is CC(N)CCNC(=O)Cc1ccc(NS(=O)(=O)c2cccs2)cc1. The second-order valence-electron chi connectivity index (χ2n) is 5.53. The van der Waals surface area contributed by atoms with Crippen LogP contribution in [0.4, 0.5) is 5.69 Å². The first kappa shape index (κ1) is 18.4. The van der Waals surface area contributed by atoms with Crippen LogP contribution in [-0.4, -0.2) is 26.9 Å². The highest BCUT2D eigenvalue weighted by atomic mass is 32.2. The summed E-state index contributed by atoms with van der Waals surface area (Å²) in [6, 6.07) is 10.1. The zero-order valence-corrected chi connectivity index (χ0v) is 15.0. The Morgan fingerprint density at radius 2 is 1.96 bits per heavy atom. The Labute approximate surface area is 146 Å². The Hall–Kier alpha value is -1.90. The number of carbonyl (C=O) groups is 1. The molecule has 1 amide bonds. The zero-order chi connectivity index (χ0) is 17.6. The minimum atomic E-state index is -3.55. The fraction of sp³-hybridized carbons (Fsp3) is 0.312. The maximum absolute atomic E-state index is 12.1. The number of anilines is 1. The van der Waals surface area contributed by atoms with E-state index in [4.69, 9.17) is 5.73 Å². The number of thiophene rings is 1. The molecule has 0 radical (unpaired) electrons. The lowest BCUT2D eigenvalue weighted by atomic mass is 10.1. The molecule has 0 aliphatic rings. The van der Waals surface area contributed by atoms with E-state index in [2.05, 4.69) is 10.0 Å². The quantitative estimate of drug-likeness (QED) is 0.664. The molecule has 0 spiro atoms. The van der Waals surface area contributed by atoms with E-state index < -0.39 is 10.0 Å². The van der Waals surface area contributed by atoms with E-state index in [1.807, 2.05) is 6.92 Å². The van der Waals surface area contributed by atoms with Gasteiger partial charge in [-0.1, -0.05) is 18.2 Å². The molecule has 2 rings (SSSR count). The van der Waals surface area contributed by atoms with Gasteiger partial charge in [-0.3, -0.25) is 9.52 Å². The largest absolute Gasteiger partial charge is 0.356 e. The first-order valence-corrected chi connectivity index (χ1v) is 9.90. The van der Waals surface area contributed by atoms with Crippen molar-refractivity contribution in [2.75, 3.05) is 11.3 Å². The number of carbonyl (C=O) groups excluding carboxylic acids is 1. The first-order chi connectivity index (χ1) is 11.4. The van der Waals surface area contributed by atoms with Crippen LogP contribution in [0.5, 0.6) is 0 Å². The van der Waals surface area contributed by atoms with Crippen molar-refractivity contribution >= 4 is 33.0 Å². The zero-order valence-electron chi connectivity index (χ0n) is 13.4. The van der Waals surface area contributed by atoms with Gasteiger partial charge < -0.3 is 11.1 Å². The molecule has 4 N–H and O–H groups in total. The number of rotatable bonds is 8. The number of benzene rings is 1. The van der Waals surface area contributed by atoms with Crippen molar-refractivity contribution in [1.82, 2.24) is 5.32 Å². The lowest BCUT2D eigenvalue weighted by Gasteiger charge is -2.09. The summed E-state index contributed by atoms with van der Waals surface area (Å²) >= 11 is 1.16. The monoisotopic (exact) mass is 367 g/mol. The average Bonchev–Trinajstić information content (AvgIpc) is 3.04. The summed E-state index contributed by atoms with van der Waals surface area (Å²) < 4.78 is 27.0. The number of amides is 1. The lowest BCUT2D eigenvalue weighted by molar-refractivity contribution is -0.120. The Bertz CT molecular complexity index is 754. The number of hydrogen-bond acceptors (Lipinski definition) is 5. The molecule has 1 heterocycles. The van der Waals surface area contributed by atoms with Gasteiger partial charge in [-0.25, -0.2) is 8.42 Å². The average molecular weight is 367 g/mol. The van der Waals surface area contributed by atoms with Crippen molar-refractivity contribution in [2.45, 2.75) is 30.0 Å². The third-order valence-corrected chi connectivity index (χ3v) is 6.03. The van der Waals surface area contributed by atoms with E-state index in [9.17, 15) is 13.2 Å². The molecule has 1 atom stereocenters. The minimum absolute atomic E-state index is 0.0564. The highest BCUT2D eigenvalue weighted by molar-refractivity contribution is 7.94. The summed E-state index contributed by atoms with van der Waals surface area (Å²) in [5.74, 6) is -0.0810. The second kappa shape index (κ2) is 8.27. The highest BCUT2D eigenvalue weighted by Crippen LogP contribution is 2.20. The lowest BCUT2D eigenvalue weighted by Crippen LogP contribution is -2.30.